The van der Waals surface area contributed by atoms with E-state index in [1.807, 2.05) is 6.07 Å². The molecule has 1 saturated heterocycles. The molecule has 2 aliphatic heterocycles. The van der Waals surface area contributed by atoms with Crippen molar-refractivity contribution in [2.45, 2.75) is 27.2 Å². The van der Waals surface area contributed by atoms with Gasteiger partial charge in [0, 0.05) is 52.4 Å². The number of piperazine rings is 1. The van der Waals surface area contributed by atoms with Gasteiger partial charge >= 0.3 is 0 Å². The van der Waals surface area contributed by atoms with Crippen molar-refractivity contribution in [3.63, 3.8) is 0 Å². The van der Waals surface area contributed by atoms with Gasteiger partial charge < -0.3 is 29.9 Å². The summed E-state index contributed by atoms with van der Waals surface area (Å²) in [6.45, 7) is 16.5. The number of likely N-dealkylation sites (N-methyl/N-ethyl adjacent to an activating group) is 1. The van der Waals surface area contributed by atoms with Crippen LogP contribution in [0.25, 0.3) is 0 Å². The highest BCUT2D eigenvalue weighted by molar-refractivity contribution is 14.0. The van der Waals surface area contributed by atoms with Crippen molar-refractivity contribution in [1.82, 2.24) is 20.4 Å². The number of rotatable bonds is 9. The summed E-state index contributed by atoms with van der Waals surface area (Å²) in [6.07, 6.45) is 0.915. The summed E-state index contributed by atoms with van der Waals surface area (Å²) in [6, 6.07) is 6.15. The molecule has 30 heavy (non-hydrogen) atoms. The molecule has 0 aliphatic carbocycles. The zero-order chi connectivity index (χ0) is 20.5. The van der Waals surface area contributed by atoms with Gasteiger partial charge in [-0.1, -0.05) is 19.9 Å². The zero-order valence-corrected chi connectivity index (χ0v) is 21.0. The van der Waals surface area contributed by atoms with Crippen LogP contribution < -0.4 is 20.1 Å². The van der Waals surface area contributed by atoms with Gasteiger partial charge in [0.2, 0.25) is 6.79 Å². The van der Waals surface area contributed by atoms with Gasteiger partial charge in [-0.3, -0.25) is 4.99 Å². The summed E-state index contributed by atoms with van der Waals surface area (Å²) in [5, 5.41) is 6.81. The second-order valence-electron chi connectivity index (χ2n) is 7.92. The van der Waals surface area contributed by atoms with E-state index in [0.29, 0.717) is 12.7 Å². The minimum Gasteiger partial charge on any atom is -0.454 e. The van der Waals surface area contributed by atoms with E-state index in [-0.39, 0.29) is 24.0 Å². The zero-order valence-electron chi connectivity index (χ0n) is 18.7. The fourth-order valence-electron chi connectivity index (χ4n) is 3.80. The first-order valence-electron chi connectivity index (χ1n) is 11.0. The third-order valence-corrected chi connectivity index (χ3v) is 5.53. The number of nitrogens with one attached hydrogen (secondary N) is 2. The van der Waals surface area contributed by atoms with E-state index in [4.69, 9.17) is 14.5 Å². The van der Waals surface area contributed by atoms with Crippen molar-refractivity contribution < 1.29 is 9.47 Å². The average molecular weight is 531 g/mol. The number of hydrogen-bond acceptors (Lipinski definition) is 5. The van der Waals surface area contributed by atoms with Gasteiger partial charge in [-0.25, -0.2) is 0 Å². The maximum absolute atomic E-state index is 5.46. The molecule has 7 nitrogen and oxygen atoms in total. The number of nitrogens with zero attached hydrogens (tertiary/aromatic N) is 3. The van der Waals surface area contributed by atoms with E-state index >= 15 is 0 Å². The molecular formula is C22H38IN5O2. The molecule has 1 atom stereocenters. The Morgan fingerprint density at radius 3 is 2.53 bits per heavy atom. The largest absolute Gasteiger partial charge is 0.454 e. The third-order valence-electron chi connectivity index (χ3n) is 5.53. The summed E-state index contributed by atoms with van der Waals surface area (Å²) in [5.74, 6) is 3.13. The van der Waals surface area contributed by atoms with Gasteiger partial charge in [0.25, 0.3) is 0 Å². The van der Waals surface area contributed by atoms with Crippen LogP contribution in [0.5, 0.6) is 11.5 Å². The predicted octanol–water partition coefficient (Wildman–Crippen LogP) is 2.40. The van der Waals surface area contributed by atoms with Crippen LogP contribution in [0.15, 0.2) is 23.2 Å². The van der Waals surface area contributed by atoms with E-state index in [1.54, 1.807) is 0 Å². The lowest BCUT2D eigenvalue weighted by atomic mass is 10.1. The second kappa shape index (κ2) is 13.2. The molecule has 0 amide bonds. The lowest BCUT2D eigenvalue weighted by Gasteiger charge is -2.35. The first-order valence-corrected chi connectivity index (χ1v) is 11.0. The maximum Gasteiger partial charge on any atom is 0.231 e. The van der Waals surface area contributed by atoms with Crippen LogP contribution in [-0.4, -0.2) is 81.5 Å². The van der Waals surface area contributed by atoms with Crippen LogP contribution in [-0.2, 0) is 6.42 Å². The molecule has 1 aromatic carbocycles. The van der Waals surface area contributed by atoms with E-state index in [9.17, 15) is 0 Å². The Hall–Kier alpha value is -1.26. The standard InChI is InChI=1S/C22H37N5O2.HI/c1-4-23-22(24-9-8-19-6-7-20-21(14-19)29-17-28-20)25-15-18(3)16-27-12-10-26(5-2)11-13-27;/h6-7,14,18H,4-5,8-13,15-17H2,1-3H3,(H2,23,24,25);1H. The smallest absolute Gasteiger partial charge is 0.231 e. The summed E-state index contributed by atoms with van der Waals surface area (Å²) >= 11 is 0. The fraction of sp³-hybridized carbons (Fsp3) is 0.682. The van der Waals surface area contributed by atoms with E-state index in [0.717, 1.165) is 56.6 Å². The molecule has 2 heterocycles. The monoisotopic (exact) mass is 531 g/mol. The molecular weight excluding hydrogens is 493 g/mol. The van der Waals surface area contributed by atoms with E-state index in [2.05, 4.69) is 53.3 Å². The molecule has 1 aromatic rings. The summed E-state index contributed by atoms with van der Waals surface area (Å²) in [4.78, 5) is 9.91. The van der Waals surface area contributed by atoms with Crippen molar-refractivity contribution in [3.05, 3.63) is 23.8 Å². The first kappa shape index (κ1) is 25.0. The molecule has 2 N–H and O–H groups in total. The molecule has 1 fully saturated rings. The summed E-state index contributed by atoms with van der Waals surface area (Å²) in [7, 11) is 0. The number of ether oxygens (including phenoxy) is 2. The van der Waals surface area contributed by atoms with Gasteiger partial charge in [0.15, 0.2) is 17.5 Å². The van der Waals surface area contributed by atoms with Crippen LogP contribution >= 0.6 is 24.0 Å². The van der Waals surface area contributed by atoms with Crippen molar-refractivity contribution in [3.8, 4) is 11.5 Å². The van der Waals surface area contributed by atoms with Gasteiger partial charge in [0.1, 0.15) is 0 Å². The van der Waals surface area contributed by atoms with Gasteiger partial charge in [-0.2, -0.15) is 0 Å². The molecule has 0 saturated carbocycles. The lowest BCUT2D eigenvalue weighted by Crippen LogP contribution is -2.47. The van der Waals surface area contributed by atoms with Crippen LogP contribution in [0.2, 0.25) is 0 Å². The van der Waals surface area contributed by atoms with Crippen LogP contribution in [0.4, 0.5) is 0 Å². The van der Waals surface area contributed by atoms with Crippen LogP contribution in [0.3, 0.4) is 0 Å². The van der Waals surface area contributed by atoms with Crippen molar-refractivity contribution in [1.29, 1.82) is 0 Å². The highest BCUT2D eigenvalue weighted by atomic mass is 127. The van der Waals surface area contributed by atoms with Crippen LogP contribution in [0.1, 0.15) is 26.3 Å². The SMILES string of the molecule is CCNC(=NCC(C)CN1CCN(CC)CC1)NCCc1ccc2c(c1)OCO2.I. The molecule has 170 valence electrons. The Bertz CT molecular complexity index is 665. The highest BCUT2D eigenvalue weighted by Crippen LogP contribution is 2.32. The molecule has 8 heteroatoms. The lowest BCUT2D eigenvalue weighted by molar-refractivity contribution is 0.125. The Morgan fingerprint density at radius 1 is 1.07 bits per heavy atom. The summed E-state index contributed by atoms with van der Waals surface area (Å²) < 4.78 is 10.8. The predicted molar refractivity (Wildman–Crippen MR) is 133 cm³/mol. The topological polar surface area (TPSA) is 61.4 Å². The third kappa shape index (κ3) is 7.77. The molecule has 3 rings (SSSR count). The number of benzene rings is 1. The van der Waals surface area contributed by atoms with Gasteiger partial charge in [-0.05, 0) is 43.5 Å². The maximum atomic E-state index is 5.46. The Morgan fingerprint density at radius 2 is 1.80 bits per heavy atom. The first-order chi connectivity index (χ1) is 14.2. The minimum atomic E-state index is 0. The van der Waals surface area contributed by atoms with Crippen molar-refractivity contribution >= 4 is 29.9 Å². The molecule has 1 unspecified atom stereocenters. The van der Waals surface area contributed by atoms with Crippen molar-refractivity contribution in [2.24, 2.45) is 10.9 Å². The molecule has 0 bridgehead atoms. The Labute approximate surface area is 198 Å². The van der Waals surface area contributed by atoms with E-state index < -0.39 is 0 Å². The Kier molecular flexibility index (Phi) is 11.0. The minimum absolute atomic E-state index is 0. The fourth-order valence-corrected chi connectivity index (χ4v) is 3.80. The number of halogens is 1. The second-order valence-corrected chi connectivity index (χ2v) is 7.92. The number of aliphatic imine (C=N–C) groups is 1. The molecule has 0 aromatic heterocycles. The molecule has 2 aliphatic rings. The van der Waals surface area contributed by atoms with Gasteiger partial charge in [-0.15, -0.1) is 24.0 Å². The van der Waals surface area contributed by atoms with Crippen molar-refractivity contribution in [2.75, 3.05) is 65.7 Å². The molecule has 0 radical (unpaired) electrons. The van der Waals surface area contributed by atoms with Gasteiger partial charge in [0.05, 0.1) is 0 Å². The highest BCUT2D eigenvalue weighted by Gasteiger charge is 2.17. The normalized spacial score (nSPS) is 18.0. The Balaban J connectivity index is 0.00000320. The number of guanidine groups is 1. The average Bonchev–Trinajstić information content (AvgIpc) is 3.20. The van der Waals surface area contributed by atoms with E-state index in [1.165, 1.54) is 31.7 Å². The number of hydrogen-bond donors (Lipinski definition) is 2. The quantitative estimate of drug-likeness (QED) is 0.290. The summed E-state index contributed by atoms with van der Waals surface area (Å²) in [5.41, 5.74) is 1.23. The van der Waals surface area contributed by atoms with Crippen LogP contribution in [0, 0.1) is 5.92 Å². The number of fused-ring (bicyclic) bond motifs is 1. The molecule has 0 spiro atoms.